The summed E-state index contributed by atoms with van der Waals surface area (Å²) in [6.45, 7) is 0. The Labute approximate surface area is 136 Å². The van der Waals surface area contributed by atoms with E-state index in [4.69, 9.17) is 16.7 Å². The first kappa shape index (κ1) is 16.1. The highest BCUT2D eigenvalue weighted by molar-refractivity contribution is 6.31. The molecular formula is C20H19ClO. The molecule has 0 spiro atoms. The molecule has 0 fully saturated rings. The van der Waals surface area contributed by atoms with Crippen molar-refractivity contribution in [1.82, 2.24) is 0 Å². The van der Waals surface area contributed by atoms with E-state index in [0.29, 0.717) is 5.02 Å². The Hall–Kier alpha value is -2.25. The molecule has 0 saturated heterocycles. The standard InChI is InChI=1S/C14H14.C6H5ClO/c1-3-7-13(8-4-1)11-12-14-9-5-2-6-10-14;7-5-3-1-2-4-6(5)8/h1-10H,11-12H2;1-4,8H. The van der Waals surface area contributed by atoms with Crippen molar-refractivity contribution in [1.29, 1.82) is 0 Å². The van der Waals surface area contributed by atoms with Gasteiger partial charge in [-0.25, -0.2) is 0 Å². The van der Waals surface area contributed by atoms with Crippen molar-refractivity contribution in [2.24, 2.45) is 0 Å². The fourth-order valence-corrected chi connectivity index (χ4v) is 2.17. The lowest BCUT2D eigenvalue weighted by atomic mass is 10.0. The maximum absolute atomic E-state index is 8.79. The number of aryl methyl sites for hydroxylation is 2. The summed E-state index contributed by atoms with van der Waals surface area (Å²) < 4.78 is 0. The van der Waals surface area contributed by atoms with Gasteiger partial charge < -0.3 is 5.11 Å². The first-order valence-electron chi connectivity index (χ1n) is 7.27. The van der Waals surface area contributed by atoms with E-state index < -0.39 is 0 Å². The van der Waals surface area contributed by atoms with Gasteiger partial charge in [-0.2, -0.15) is 0 Å². The highest BCUT2D eigenvalue weighted by atomic mass is 35.5. The summed E-state index contributed by atoms with van der Waals surface area (Å²) in [7, 11) is 0. The third-order valence-corrected chi connectivity index (χ3v) is 3.56. The van der Waals surface area contributed by atoms with Gasteiger partial charge in [0.1, 0.15) is 5.75 Å². The minimum atomic E-state index is 0.133. The van der Waals surface area contributed by atoms with Crippen LogP contribution in [0.1, 0.15) is 11.1 Å². The van der Waals surface area contributed by atoms with Crippen LogP contribution in [0.2, 0.25) is 5.02 Å². The Morgan fingerprint density at radius 3 is 1.36 bits per heavy atom. The molecule has 112 valence electrons. The van der Waals surface area contributed by atoms with Crippen LogP contribution in [0.25, 0.3) is 0 Å². The van der Waals surface area contributed by atoms with Crippen molar-refractivity contribution in [3.05, 3.63) is 101 Å². The molecule has 1 nitrogen and oxygen atoms in total. The lowest BCUT2D eigenvalue weighted by Gasteiger charge is -2.01. The third kappa shape index (κ3) is 5.63. The van der Waals surface area contributed by atoms with Gasteiger partial charge >= 0.3 is 0 Å². The zero-order chi connectivity index (χ0) is 15.6. The summed E-state index contributed by atoms with van der Waals surface area (Å²) in [5, 5.41) is 9.18. The number of hydrogen-bond acceptors (Lipinski definition) is 1. The fraction of sp³-hybridized carbons (Fsp3) is 0.100. The first-order valence-corrected chi connectivity index (χ1v) is 7.65. The molecule has 0 saturated carbocycles. The zero-order valence-electron chi connectivity index (χ0n) is 12.3. The van der Waals surface area contributed by atoms with Crippen LogP contribution in [0.4, 0.5) is 0 Å². The van der Waals surface area contributed by atoms with Crippen LogP contribution in [0.15, 0.2) is 84.9 Å². The molecule has 0 bridgehead atoms. The maximum Gasteiger partial charge on any atom is 0.134 e. The van der Waals surface area contributed by atoms with E-state index >= 15 is 0 Å². The number of para-hydroxylation sites is 1. The molecule has 1 N–H and O–H groups in total. The van der Waals surface area contributed by atoms with Gasteiger partial charge in [0, 0.05) is 0 Å². The summed E-state index contributed by atoms with van der Waals surface area (Å²) in [6.07, 6.45) is 2.26. The Morgan fingerprint density at radius 2 is 1.00 bits per heavy atom. The molecule has 2 heteroatoms. The van der Waals surface area contributed by atoms with Gasteiger partial charge in [-0.3, -0.25) is 0 Å². The lowest BCUT2D eigenvalue weighted by Crippen LogP contribution is -1.89. The number of phenolic OH excluding ortho intramolecular Hbond substituents is 1. The van der Waals surface area contributed by atoms with E-state index in [-0.39, 0.29) is 5.75 Å². The van der Waals surface area contributed by atoms with Gasteiger partial charge in [-0.1, -0.05) is 84.4 Å². The van der Waals surface area contributed by atoms with E-state index in [0.717, 1.165) is 12.8 Å². The fourth-order valence-electron chi connectivity index (χ4n) is 2.03. The summed E-state index contributed by atoms with van der Waals surface area (Å²) >= 11 is 5.46. The zero-order valence-corrected chi connectivity index (χ0v) is 13.1. The number of phenols is 1. The van der Waals surface area contributed by atoms with Gasteiger partial charge in [0.05, 0.1) is 5.02 Å². The van der Waals surface area contributed by atoms with Crippen LogP contribution in [0.3, 0.4) is 0 Å². The molecule has 22 heavy (non-hydrogen) atoms. The van der Waals surface area contributed by atoms with Crippen LogP contribution < -0.4 is 0 Å². The Balaban J connectivity index is 0.000000188. The molecule has 0 amide bonds. The molecule has 0 radical (unpaired) electrons. The van der Waals surface area contributed by atoms with Crippen molar-refractivity contribution in [3.63, 3.8) is 0 Å². The number of aromatic hydroxyl groups is 1. The third-order valence-electron chi connectivity index (χ3n) is 3.24. The van der Waals surface area contributed by atoms with Crippen LogP contribution >= 0.6 is 11.6 Å². The molecule has 3 aromatic rings. The van der Waals surface area contributed by atoms with Crippen molar-refractivity contribution in [2.45, 2.75) is 12.8 Å². The van der Waals surface area contributed by atoms with Crippen LogP contribution in [-0.2, 0) is 12.8 Å². The molecule has 3 rings (SSSR count). The van der Waals surface area contributed by atoms with Gasteiger partial charge in [-0.05, 0) is 36.1 Å². The molecule has 0 unspecified atom stereocenters. The van der Waals surface area contributed by atoms with Gasteiger partial charge in [0.25, 0.3) is 0 Å². The molecule has 0 aromatic heterocycles. The first-order chi connectivity index (χ1) is 10.8. The average molecular weight is 311 g/mol. The molecule has 0 aliphatic rings. The summed E-state index contributed by atoms with van der Waals surface area (Å²) in [5.41, 5.74) is 2.83. The molecule has 0 atom stereocenters. The highest BCUT2D eigenvalue weighted by Crippen LogP contribution is 2.20. The lowest BCUT2D eigenvalue weighted by molar-refractivity contribution is 0.475. The Bertz CT molecular complexity index is 605. The van der Waals surface area contributed by atoms with E-state index in [2.05, 4.69) is 60.7 Å². The summed E-state index contributed by atoms with van der Waals surface area (Å²) in [6, 6.07) is 27.9. The predicted molar refractivity (Wildman–Crippen MR) is 93.4 cm³/mol. The van der Waals surface area contributed by atoms with Crippen LogP contribution in [-0.4, -0.2) is 5.11 Å². The molecule has 3 aromatic carbocycles. The molecule has 0 heterocycles. The van der Waals surface area contributed by atoms with Crippen molar-refractivity contribution in [2.75, 3.05) is 0 Å². The smallest absolute Gasteiger partial charge is 0.134 e. The van der Waals surface area contributed by atoms with Gasteiger partial charge in [0.15, 0.2) is 0 Å². The van der Waals surface area contributed by atoms with Crippen molar-refractivity contribution >= 4 is 11.6 Å². The Kier molecular flexibility index (Phi) is 6.53. The van der Waals surface area contributed by atoms with E-state index in [1.807, 2.05) is 0 Å². The average Bonchev–Trinajstić information content (AvgIpc) is 2.58. The maximum atomic E-state index is 8.79. The number of benzene rings is 3. The highest BCUT2D eigenvalue weighted by Gasteiger charge is 1.93. The topological polar surface area (TPSA) is 20.2 Å². The summed E-state index contributed by atoms with van der Waals surface area (Å²) in [4.78, 5) is 0. The minimum Gasteiger partial charge on any atom is -0.506 e. The molecular weight excluding hydrogens is 292 g/mol. The molecule has 0 aliphatic carbocycles. The Morgan fingerprint density at radius 1 is 0.591 bits per heavy atom. The van der Waals surface area contributed by atoms with Gasteiger partial charge in [0.2, 0.25) is 0 Å². The number of halogens is 1. The summed E-state index contributed by atoms with van der Waals surface area (Å²) in [5.74, 6) is 0.133. The molecule has 0 aliphatic heterocycles. The van der Waals surface area contributed by atoms with E-state index in [9.17, 15) is 0 Å². The van der Waals surface area contributed by atoms with E-state index in [1.54, 1.807) is 24.3 Å². The second-order valence-corrected chi connectivity index (χ2v) is 5.33. The van der Waals surface area contributed by atoms with Gasteiger partial charge in [-0.15, -0.1) is 0 Å². The normalized spacial score (nSPS) is 9.68. The van der Waals surface area contributed by atoms with E-state index in [1.165, 1.54) is 11.1 Å². The quantitative estimate of drug-likeness (QED) is 0.675. The van der Waals surface area contributed by atoms with Crippen molar-refractivity contribution in [3.8, 4) is 5.75 Å². The van der Waals surface area contributed by atoms with Crippen molar-refractivity contribution < 1.29 is 5.11 Å². The van der Waals surface area contributed by atoms with Crippen LogP contribution in [0, 0.1) is 0 Å². The second-order valence-electron chi connectivity index (χ2n) is 4.92. The largest absolute Gasteiger partial charge is 0.506 e. The monoisotopic (exact) mass is 310 g/mol. The predicted octanol–water partition coefficient (Wildman–Crippen LogP) is 5.52. The number of rotatable bonds is 3. The number of hydrogen-bond donors (Lipinski definition) is 1. The second kappa shape index (κ2) is 8.91. The minimum absolute atomic E-state index is 0.133. The van der Waals surface area contributed by atoms with Crippen LogP contribution in [0.5, 0.6) is 5.75 Å². The SMILES string of the molecule is Oc1ccccc1Cl.c1ccc(CCc2ccccc2)cc1.